The van der Waals surface area contributed by atoms with Gasteiger partial charge in [-0.3, -0.25) is 9.78 Å². The molecule has 0 N–H and O–H groups in total. The minimum atomic E-state index is -0.512. The predicted molar refractivity (Wildman–Crippen MR) is 98.2 cm³/mol. The van der Waals surface area contributed by atoms with Gasteiger partial charge in [0.15, 0.2) is 6.10 Å². The number of carbonyl (C=O) groups excluding carboxylic acids is 1. The second-order valence-corrected chi connectivity index (χ2v) is 7.21. The van der Waals surface area contributed by atoms with Crippen molar-refractivity contribution < 1.29 is 14.3 Å². The highest BCUT2D eigenvalue weighted by atomic mass is 35.5. The van der Waals surface area contributed by atoms with E-state index < -0.39 is 6.10 Å². The fourth-order valence-electron chi connectivity index (χ4n) is 3.54. The molecule has 1 aromatic heterocycles. The van der Waals surface area contributed by atoms with Gasteiger partial charge < -0.3 is 14.4 Å². The van der Waals surface area contributed by atoms with Crippen LogP contribution >= 0.6 is 11.6 Å². The van der Waals surface area contributed by atoms with Crippen LogP contribution in [0.1, 0.15) is 24.0 Å². The summed E-state index contributed by atoms with van der Waals surface area (Å²) in [7, 11) is 0. The molecule has 2 aromatic rings. The Balaban J connectivity index is 1.50. The summed E-state index contributed by atoms with van der Waals surface area (Å²) >= 11 is 6.06. The summed E-state index contributed by atoms with van der Waals surface area (Å²) in [4.78, 5) is 19.2. The van der Waals surface area contributed by atoms with Crippen molar-refractivity contribution in [2.24, 2.45) is 0 Å². The van der Waals surface area contributed by atoms with Crippen LogP contribution in [0.2, 0.25) is 5.02 Å². The SMILES string of the molecule is O=C([C@H]1Cc2cc(Cl)ccc2O1)N(Cc1cccnc1)C[C@@H]1CCCO1. The first-order valence-electron chi connectivity index (χ1n) is 8.93. The minimum absolute atomic E-state index is 0.0170. The molecule has 0 saturated carbocycles. The zero-order chi connectivity index (χ0) is 17.9. The number of benzene rings is 1. The number of carbonyl (C=O) groups is 1. The molecule has 0 radical (unpaired) electrons. The zero-order valence-corrected chi connectivity index (χ0v) is 15.2. The average molecular weight is 373 g/mol. The summed E-state index contributed by atoms with van der Waals surface area (Å²) in [5.41, 5.74) is 1.98. The van der Waals surface area contributed by atoms with Gasteiger partial charge in [-0.2, -0.15) is 0 Å². The van der Waals surface area contributed by atoms with Gasteiger partial charge in [0.2, 0.25) is 0 Å². The van der Waals surface area contributed by atoms with Crippen LogP contribution in [-0.2, 0) is 22.5 Å². The fourth-order valence-corrected chi connectivity index (χ4v) is 3.73. The Kier molecular flexibility index (Phi) is 5.09. The lowest BCUT2D eigenvalue weighted by molar-refractivity contribution is -0.140. The van der Waals surface area contributed by atoms with Crippen LogP contribution < -0.4 is 4.74 Å². The minimum Gasteiger partial charge on any atom is -0.480 e. The van der Waals surface area contributed by atoms with Crippen molar-refractivity contribution in [3.8, 4) is 5.75 Å². The molecule has 1 fully saturated rings. The van der Waals surface area contributed by atoms with Crippen LogP contribution in [-0.4, -0.2) is 41.2 Å². The highest BCUT2D eigenvalue weighted by Gasteiger charge is 2.34. The molecule has 4 rings (SSSR count). The first-order chi connectivity index (χ1) is 12.7. The lowest BCUT2D eigenvalue weighted by Crippen LogP contribution is -2.44. The number of amides is 1. The van der Waals surface area contributed by atoms with Crippen LogP contribution in [0.15, 0.2) is 42.7 Å². The maximum absolute atomic E-state index is 13.2. The molecule has 1 saturated heterocycles. The van der Waals surface area contributed by atoms with Gasteiger partial charge in [0.25, 0.3) is 5.91 Å². The molecule has 6 heteroatoms. The van der Waals surface area contributed by atoms with E-state index in [1.54, 1.807) is 18.5 Å². The van der Waals surface area contributed by atoms with Gasteiger partial charge in [-0.1, -0.05) is 17.7 Å². The molecule has 1 aromatic carbocycles. The van der Waals surface area contributed by atoms with E-state index in [1.165, 1.54) is 0 Å². The fraction of sp³-hybridized carbons (Fsp3) is 0.400. The van der Waals surface area contributed by atoms with E-state index in [9.17, 15) is 4.79 Å². The van der Waals surface area contributed by atoms with E-state index in [0.29, 0.717) is 24.5 Å². The van der Waals surface area contributed by atoms with Crippen LogP contribution in [0.3, 0.4) is 0 Å². The number of fused-ring (bicyclic) bond motifs is 1. The standard InChI is InChI=1S/C20H21ClN2O3/c21-16-5-6-18-15(9-16)10-19(26-18)20(24)23(13-17-4-2-8-25-17)12-14-3-1-7-22-11-14/h1,3,5-7,9,11,17,19H,2,4,8,10,12-13H2/t17-,19+/m0/s1. The van der Waals surface area contributed by atoms with Crippen LogP contribution in [0.5, 0.6) is 5.75 Å². The third kappa shape index (κ3) is 3.84. The molecule has 0 spiro atoms. The van der Waals surface area contributed by atoms with Gasteiger partial charge in [-0.05, 0) is 48.2 Å². The van der Waals surface area contributed by atoms with Crippen LogP contribution in [0, 0.1) is 0 Å². The number of hydrogen-bond donors (Lipinski definition) is 0. The van der Waals surface area contributed by atoms with E-state index in [4.69, 9.17) is 21.1 Å². The number of pyridine rings is 1. The second-order valence-electron chi connectivity index (χ2n) is 6.78. The molecule has 2 aliphatic heterocycles. The first kappa shape index (κ1) is 17.3. The third-order valence-corrected chi connectivity index (χ3v) is 5.06. The van der Waals surface area contributed by atoms with E-state index in [2.05, 4.69) is 4.98 Å². The first-order valence-corrected chi connectivity index (χ1v) is 9.31. The number of halogens is 1. The Morgan fingerprint density at radius 2 is 2.27 bits per heavy atom. The Labute approximate surface area is 157 Å². The Morgan fingerprint density at radius 1 is 1.35 bits per heavy atom. The molecule has 0 bridgehead atoms. The lowest BCUT2D eigenvalue weighted by atomic mass is 10.1. The molecule has 5 nitrogen and oxygen atoms in total. The average Bonchev–Trinajstić information content (AvgIpc) is 3.30. The number of rotatable bonds is 5. The number of ether oxygens (including phenoxy) is 2. The van der Waals surface area contributed by atoms with Crippen molar-refractivity contribution in [3.05, 3.63) is 58.9 Å². The van der Waals surface area contributed by atoms with Crippen LogP contribution in [0.4, 0.5) is 0 Å². The molecule has 2 atom stereocenters. The highest BCUT2D eigenvalue weighted by Crippen LogP contribution is 2.32. The van der Waals surface area contributed by atoms with Gasteiger partial charge in [0.05, 0.1) is 6.10 Å². The van der Waals surface area contributed by atoms with Gasteiger partial charge in [-0.25, -0.2) is 0 Å². The number of hydrogen-bond acceptors (Lipinski definition) is 4. The zero-order valence-electron chi connectivity index (χ0n) is 14.4. The topological polar surface area (TPSA) is 51.7 Å². The lowest BCUT2D eigenvalue weighted by Gasteiger charge is -2.27. The Hall–Kier alpha value is -2.11. The van der Waals surface area contributed by atoms with Crippen molar-refractivity contribution in [1.29, 1.82) is 0 Å². The summed E-state index contributed by atoms with van der Waals surface area (Å²) in [6.07, 6.45) is 5.68. The van der Waals surface area contributed by atoms with E-state index >= 15 is 0 Å². The van der Waals surface area contributed by atoms with Gasteiger partial charge >= 0.3 is 0 Å². The predicted octanol–water partition coefficient (Wildman–Crippen LogP) is 3.25. The summed E-state index contributed by atoms with van der Waals surface area (Å²) in [6.45, 7) is 1.84. The van der Waals surface area contributed by atoms with Crippen molar-refractivity contribution in [2.75, 3.05) is 13.2 Å². The van der Waals surface area contributed by atoms with Gasteiger partial charge in [0, 0.05) is 43.5 Å². The number of aromatic nitrogens is 1. The summed E-state index contributed by atoms with van der Waals surface area (Å²) in [5.74, 6) is 0.725. The van der Waals surface area contributed by atoms with Crippen molar-refractivity contribution in [3.63, 3.8) is 0 Å². The van der Waals surface area contributed by atoms with E-state index in [0.717, 1.165) is 36.3 Å². The monoisotopic (exact) mass is 372 g/mol. The Morgan fingerprint density at radius 3 is 3.04 bits per heavy atom. The summed E-state index contributed by atoms with van der Waals surface area (Å²) in [5, 5.41) is 0.659. The van der Waals surface area contributed by atoms with Crippen molar-refractivity contribution in [1.82, 2.24) is 9.88 Å². The number of nitrogens with zero attached hydrogens (tertiary/aromatic N) is 2. The smallest absolute Gasteiger partial charge is 0.264 e. The molecule has 2 aliphatic rings. The highest BCUT2D eigenvalue weighted by molar-refractivity contribution is 6.30. The largest absolute Gasteiger partial charge is 0.480 e. The summed E-state index contributed by atoms with van der Waals surface area (Å²) in [6, 6.07) is 9.35. The molecule has 1 amide bonds. The van der Waals surface area contributed by atoms with Gasteiger partial charge in [0.1, 0.15) is 5.75 Å². The van der Waals surface area contributed by atoms with Gasteiger partial charge in [-0.15, -0.1) is 0 Å². The maximum Gasteiger partial charge on any atom is 0.264 e. The Bertz CT molecular complexity index is 778. The molecule has 136 valence electrons. The third-order valence-electron chi connectivity index (χ3n) is 4.83. The molecule has 26 heavy (non-hydrogen) atoms. The second kappa shape index (κ2) is 7.64. The molecular weight excluding hydrogens is 352 g/mol. The maximum atomic E-state index is 13.2. The van der Waals surface area contributed by atoms with E-state index in [-0.39, 0.29) is 12.0 Å². The summed E-state index contributed by atoms with van der Waals surface area (Å²) < 4.78 is 11.6. The van der Waals surface area contributed by atoms with Crippen molar-refractivity contribution in [2.45, 2.75) is 38.0 Å². The van der Waals surface area contributed by atoms with E-state index in [1.807, 2.05) is 29.2 Å². The molecule has 0 aliphatic carbocycles. The quantitative estimate of drug-likeness (QED) is 0.808. The van der Waals surface area contributed by atoms with Crippen LogP contribution in [0.25, 0.3) is 0 Å². The normalized spacial score (nSPS) is 21.3. The van der Waals surface area contributed by atoms with Crippen molar-refractivity contribution >= 4 is 17.5 Å². The molecule has 3 heterocycles. The molecular formula is C20H21ClN2O3. The molecule has 0 unspecified atom stereocenters.